The SMILES string of the molecule is C=COCOCc1ccc(C#Cc2ccc(C#Cc3ccc(CCC4CCC(COC(=O)C=C)CC4)cc3)cc2CC)cc1. The van der Waals surface area contributed by atoms with E-state index in [9.17, 15) is 4.79 Å². The molecule has 3 aromatic rings. The van der Waals surface area contributed by atoms with E-state index in [0.717, 1.165) is 59.4 Å². The molecule has 4 heteroatoms. The van der Waals surface area contributed by atoms with Gasteiger partial charge in [0, 0.05) is 28.3 Å². The summed E-state index contributed by atoms with van der Waals surface area (Å²) in [7, 11) is 0. The van der Waals surface area contributed by atoms with E-state index in [2.05, 4.69) is 86.2 Å². The van der Waals surface area contributed by atoms with Crippen molar-refractivity contribution in [2.75, 3.05) is 13.4 Å². The Morgan fingerprint density at radius 2 is 1.43 bits per heavy atom. The van der Waals surface area contributed by atoms with E-state index in [4.69, 9.17) is 14.2 Å². The third kappa shape index (κ3) is 10.6. The first-order valence-corrected chi connectivity index (χ1v) is 15.5. The van der Waals surface area contributed by atoms with Crippen LogP contribution in [0, 0.1) is 35.5 Å². The van der Waals surface area contributed by atoms with Gasteiger partial charge in [0.25, 0.3) is 0 Å². The Kier molecular flexibility index (Phi) is 12.9. The van der Waals surface area contributed by atoms with Gasteiger partial charge in [-0.1, -0.05) is 80.9 Å². The molecule has 0 radical (unpaired) electrons. The van der Waals surface area contributed by atoms with Crippen LogP contribution < -0.4 is 0 Å². The van der Waals surface area contributed by atoms with Gasteiger partial charge in [0.15, 0.2) is 6.79 Å². The second-order valence-corrected chi connectivity index (χ2v) is 11.2. The van der Waals surface area contributed by atoms with E-state index in [1.807, 2.05) is 24.3 Å². The number of aryl methyl sites for hydroxylation is 2. The Labute approximate surface area is 263 Å². The van der Waals surface area contributed by atoms with Crippen molar-refractivity contribution in [2.45, 2.75) is 58.5 Å². The Morgan fingerprint density at radius 3 is 2.09 bits per heavy atom. The van der Waals surface area contributed by atoms with Crippen LogP contribution in [0.3, 0.4) is 0 Å². The molecular formula is C40H42O4. The van der Waals surface area contributed by atoms with Crippen molar-refractivity contribution in [3.8, 4) is 23.7 Å². The van der Waals surface area contributed by atoms with Gasteiger partial charge in [-0.3, -0.25) is 0 Å². The van der Waals surface area contributed by atoms with Gasteiger partial charge in [0.2, 0.25) is 0 Å². The second kappa shape index (κ2) is 17.6. The largest absolute Gasteiger partial charge is 0.476 e. The average Bonchev–Trinajstić information content (AvgIpc) is 3.07. The lowest BCUT2D eigenvalue weighted by Crippen LogP contribution is -2.20. The molecular weight excluding hydrogens is 544 g/mol. The molecule has 0 spiro atoms. The molecule has 0 heterocycles. The maximum Gasteiger partial charge on any atom is 0.330 e. The number of carbonyl (C=O) groups excluding carboxylic acids is 1. The van der Waals surface area contributed by atoms with Crippen LogP contribution in [0.25, 0.3) is 0 Å². The highest BCUT2D eigenvalue weighted by Crippen LogP contribution is 2.32. The lowest BCUT2D eigenvalue weighted by molar-refractivity contribution is -0.139. The van der Waals surface area contributed by atoms with Crippen molar-refractivity contribution in [3.05, 3.63) is 131 Å². The molecule has 4 rings (SSSR count). The first-order chi connectivity index (χ1) is 21.6. The van der Waals surface area contributed by atoms with E-state index >= 15 is 0 Å². The number of hydrogen-bond acceptors (Lipinski definition) is 4. The summed E-state index contributed by atoms with van der Waals surface area (Å²) in [5.74, 6) is 14.2. The molecule has 0 aliphatic heterocycles. The summed E-state index contributed by atoms with van der Waals surface area (Å²) in [5.41, 5.74) is 7.62. The highest BCUT2D eigenvalue weighted by Gasteiger charge is 2.22. The Bertz CT molecular complexity index is 1500. The van der Waals surface area contributed by atoms with Gasteiger partial charge in [0.1, 0.15) is 0 Å². The molecule has 0 atom stereocenters. The lowest BCUT2D eigenvalue weighted by atomic mass is 9.80. The van der Waals surface area contributed by atoms with Crippen molar-refractivity contribution in [3.63, 3.8) is 0 Å². The van der Waals surface area contributed by atoms with Crippen molar-refractivity contribution in [2.24, 2.45) is 11.8 Å². The summed E-state index contributed by atoms with van der Waals surface area (Å²) >= 11 is 0. The van der Waals surface area contributed by atoms with Crippen LogP contribution in [0.1, 0.15) is 78.0 Å². The monoisotopic (exact) mass is 586 g/mol. The first-order valence-electron chi connectivity index (χ1n) is 15.5. The summed E-state index contributed by atoms with van der Waals surface area (Å²) in [5, 5.41) is 0. The maximum absolute atomic E-state index is 11.3. The van der Waals surface area contributed by atoms with E-state index in [1.54, 1.807) is 0 Å². The Hall–Kier alpha value is -4.51. The zero-order valence-corrected chi connectivity index (χ0v) is 25.8. The first kappa shape index (κ1) is 32.4. The van der Waals surface area contributed by atoms with Crippen molar-refractivity contribution < 1.29 is 19.0 Å². The van der Waals surface area contributed by atoms with Crippen molar-refractivity contribution in [1.82, 2.24) is 0 Å². The number of esters is 1. The normalized spacial score (nSPS) is 15.6. The van der Waals surface area contributed by atoms with Crippen LogP contribution in [0.4, 0.5) is 0 Å². The molecule has 1 aliphatic rings. The molecule has 0 N–H and O–H groups in total. The highest BCUT2D eigenvalue weighted by molar-refractivity contribution is 5.81. The topological polar surface area (TPSA) is 44.8 Å². The maximum atomic E-state index is 11.3. The predicted octanol–water partition coefficient (Wildman–Crippen LogP) is 8.15. The fourth-order valence-corrected chi connectivity index (χ4v) is 5.38. The quantitative estimate of drug-likeness (QED) is 0.0537. The van der Waals surface area contributed by atoms with Crippen LogP contribution in [-0.2, 0) is 38.5 Å². The van der Waals surface area contributed by atoms with Crippen LogP contribution in [0.2, 0.25) is 0 Å². The van der Waals surface area contributed by atoms with Crippen LogP contribution >= 0.6 is 0 Å². The minimum atomic E-state index is -0.317. The van der Waals surface area contributed by atoms with Gasteiger partial charge in [-0.25, -0.2) is 4.79 Å². The zero-order valence-electron chi connectivity index (χ0n) is 25.8. The molecule has 1 saturated carbocycles. The number of hydrogen-bond donors (Lipinski definition) is 0. The average molecular weight is 587 g/mol. The number of rotatable bonds is 12. The van der Waals surface area contributed by atoms with Gasteiger partial charge < -0.3 is 14.2 Å². The number of ether oxygens (including phenoxy) is 3. The molecule has 0 saturated heterocycles. The minimum Gasteiger partial charge on any atom is -0.476 e. The van der Waals surface area contributed by atoms with Gasteiger partial charge >= 0.3 is 5.97 Å². The molecule has 0 amide bonds. The summed E-state index contributed by atoms with van der Waals surface area (Å²) in [6.45, 7) is 10.3. The molecule has 0 aromatic heterocycles. The fourth-order valence-electron chi connectivity index (χ4n) is 5.38. The van der Waals surface area contributed by atoms with E-state index < -0.39 is 0 Å². The fraction of sp³-hybridized carbons (Fsp3) is 0.325. The minimum absolute atomic E-state index is 0.195. The molecule has 226 valence electrons. The number of benzene rings is 3. The van der Waals surface area contributed by atoms with Gasteiger partial charge in [-0.05, 0) is 103 Å². The van der Waals surface area contributed by atoms with Gasteiger partial charge in [-0.2, -0.15) is 0 Å². The Morgan fingerprint density at radius 1 is 0.818 bits per heavy atom. The van der Waals surface area contributed by atoms with E-state index in [0.29, 0.717) is 19.1 Å². The van der Waals surface area contributed by atoms with Crippen molar-refractivity contribution >= 4 is 5.97 Å². The van der Waals surface area contributed by atoms with Crippen LogP contribution in [0.15, 0.2) is 92.2 Å². The molecule has 0 bridgehead atoms. The molecule has 4 nitrogen and oxygen atoms in total. The van der Waals surface area contributed by atoms with Gasteiger partial charge in [-0.15, -0.1) is 0 Å². The summed E-state index contributed by atoms with van der Waals surface area (Å²) in [4.78, 5) is 11.3. The van der Waals surface area contributed by atoms with Crippen LogP contribution in [0.5, 0.6) is 0 Å². The summed E-state index contributed by atoms with van der Waals surface area (Å²) < 4.78 is 15.6. The molecule has 1 fully saturated rings. The molecule has 1 aliphatic carbocycles. The summed E-state index contributed by atoms with van der Waals surface area (Å²) in [6.07, 6.45) is 10.5. The second-order valence-electron chi connectivity index (χ2n) is 11.2. The molecule has 3 aromatic carbocycles. The smallest absolute Gasteiger partial charge is 0.330 e. The van der Waals surface area contributed by atoms with Crippen molar-refractivity contribution in [1.29, 1.82) is 0 Å². The van der Waals surface area contributed by atoms with E-state index in [-0.39, 0.29) is 12.8 Å². The predicted molar refractivity (Wildman–Crippen MR) is 177 cm³/mol. The van der Waals surface area contributed by atoms with Crippen LogP contribution in [-0.4, -0.2) is 19.4 Å². The van der Waals surface area contributed by atoms with Gasteiger partial charge in [0.05, 0.1) is 19.5 Å². The standard InChI is InChI=1S/C40H42O4/c1-4-38-27-35(24-26-39(38)25-23-34-14-19-36(20-15-34)28-43-30-42-6-3)18-13-32-10-7-31(8-11-32)9-12-33-16-21-37(22-17-33)29-44-40(41)5-2/h5-8,10-11,14-15,19-20,24,26-27,33,37H,2-4,9,12,16-17,21-22,28-30H2,1H3. The molecule has 0 unspecified atom stereocenters. The van der Waals surface area contributed by atoms with E-state index in [1.165, 1.54) is 42.7 Å². The Balaban J connectivity index is 1.26. The highest BCUT2D eigenvalue weighted by atomic mass is 16.7. The summed E-state index contributed by atoms with van der Waals surface area (Å²) in [6, 6.07) is 23.0. The third-order valence-electron chi connectivity index (χ3n) is 8.06. The third-order valence-corrected chi connectivity index (χ3v) is 8.06. The molecule has 44 heavy (non-hydrogen) atoms. The number of carbonyl (C=O) groups is 1. The zero-order chi connectivity index (χ0) is 31.0. The lowest BCUT2D eigenvalue weighted by Gasteiger charge is -2.28.